The smallest absolute Gasteiger partial charge is 0.226 e. The number of likely N-dealkylation sites (tertiary alicyclic amines) is 1. The number of piperidine rings is 1. The summed E-state index contributed by atoms with van der Waals surface area (Å²) in [4.78, 5) is 19.1. The molecule has 126 valence electrons. The molecule has 5 heteroatoms. The monoisotopic (exact) mass is 324 g/mol. The van der Waals surface area contributed by atoms with Crippen LogP contribution in [-0.4, -0.2) is 38.7 Å². The lowest BCUT2D eigenvalue weighted by Gasteiger charge is -2.33. The number of carbonyl (C=O) groups excluding carboxylic acids is 1. The molecule has 3 heterocycles. The van der Waals surface area contributed by atoms with Crippen LogP contribution in [0.15, 0.2) is 30.6 Å². The minimum Gasteiger partial charge on any atom is -0.340 e. The lowest BCUT2D eigenvalue weighted by atomic mass is 10.0. The zero-order chi connectivity index (χ0) is 16.7. The minimum atomic E-state index is 0.147. The van der Waals surface area contributed by atoms with Crippen LogP contribution < -0.4 is 0 Å². The number of amides is 1. The van der Waals surface area contributed by atoms with Crippen molar-refractivity contribution in [2.24, 2.45) is 5.92 Å². The van der Waals surface area contributed by atoms with E-state index in [9.17, 15) is 4.79 Å². The third kappa shape index (κ3) is 2.83. The Labute approximate surface area is 142 Å². The van der Waals surface area contributed by atoms with Crippen LogP contribution in [0.25, 0.3) is 0 Å². The Morgan fingerprint density at radius 1 is 1.33 bits per heavy atom. The summed E-state index contributed by atoms with van der Waals surface area (Å²) in [6.07, 6.45) is 6.80. The van der Waals surface area contributed by atoms with Gasteiger partial charge >= 0.3 is 0 Å². The molecule has 5 nitrogen and oxygen atoms in total. The Hall–Kier alpha value is -2.17. The number of carbonyl (C=O) groups is 1. The number of nitrogens with zero attached hydrogens (tertiary/aromatic N) is 4. The lowest BCUT2D eigenvalue weighted by molar-refractivity contribution is -0.134. The predicted octanol–water partition coefficient (Wildman–Crippen LogP) is 2.86. The maximum absolute atomic E-state index is 12.9. The summed E-state index contributed by atoms with van der Waals surface area (Å²) in [5, 5.41) is 4.62. The first kappa shape index (κ1) is 15.4. The molecule has 2 aromatic rings. The second-order valence-corrected chi connectivity index (χ2v) is 7.19. The van der Waals surface area contributed by atoms with E-state index < -0.39 is 0 Å². The molecule has 1 saturated carbocycles. The number of aryl methyl sites for hydroxylation is 2. The molecule has 24 heavy (non-hydrogen) atoms. The van der Waals surface area contributed by atoms with Crippen molar-refractivity contribution in [3.8, 4) is 0 Å². The van der Waals surface area contributed by atoms with Gasteiger partial charge in [-0.05, 0) is 56.7 Å². The van der Waals surface area contributed by atoms with E-state index in [1.54, 1.807) is 6.20 Å². The van der Waals surface area contributed by atoms with Gasteiger partial charge in [-0.25, -0.2) is 0 Å². The molecule has 0 aromatic carbocycles. The summed E-state index contributed by atoms with van der Waals surface area (Å²) in [6, 6.07) is 6.46. The highest BCUT2D eigenvalue weighted by atomic mass is 16.2. The van der Waals surface area contributed by atoms with Gasteiger partial charge in [0.2, 0.25) is 5.91 Å². The van der Waals surface area contributed by atoms with Crippen molar-refractivity contribution < 1.29 is 4.79 Å². The van der Waals surface area contributed by atoms with E-state index in [2.05, 4.69) is 38.7 Å². The summed E-state index contributed by atoms with van der Waals surface area (Å²) in [5.74, 6) is 0.823. The van der Waals surface area contributed by atoms with Gasteiger partial charge in [-0.3, -0.25) is 14.5 Å². The molecule has 0 bridgehead atoms. The zero-order valence-electron chi connectivity index (χ0n) is 14.4. The predicted molar refractivity (Wildman–Crippen MR) is 91.6 cm³/mol. The van der Waals surface area contributed by atoms with E-state index >= 15 is 0 Å². The quantitative estimate of drug-likeness (QED) is 0.872. The topological polar surface area (TPSA) is 51.0 Å². The molecule has 1 aliphatic carbocycles. The van der Waals surface area contributed by atoms with Crippen LogP contribution >= 0.6 is 0 Å². The number of aromatic nitrogens is 3. The summed E-state index contributed by atoms with van der Waals surface area (Å²) >= 11 is 0. The van der Waals surface area contributed by atoms with Crippen LogP contribution in [0.2, 0.25) is 0 Å². The van der Waals surface area contributed by atoms with E-state index in [0.717, 1.165) is 38.0 Å². The summed E-state index contributed by atoms with van der Waals surface area (Å²) in [6.45, 7) is 5.79. The second-order valence-electron chi connectivity index (χ2n) is 7.19. The molecular formula is C19H24N4O. The van der Waals surface area contributed by atoms with Gasteiger partial charge in [0, 0.05) is 37.1 Å². The van der Waals surface area contributed by atoms with Gasteiger partial charge in [0.05, 0.1) is 11.7 Å². The van der Waals surface area contributed by atoms with E-state index in [-0.39, 0.29) is 5.92 Å². The maximum atomic E-state index is 12.9. The molecule has 3 atom stereocenters. The summed E-state index contributed by atoms with van der Waals surface area (Å²) < 4.78 is 2.11. The van der Waals surface area contributed by atoms with Gasteiger partial charge in [0.25, 0.3) is 0 Å². The first-order valence-electron chi connectivity index (χ1n) is 8.85. The molecule has 2 aromatic heterocycles. The molecule has 2 fully saturated rings. The van der Waals surface area contributed by atoms with Crippen LogP contribution in [0.3, 0.4) is 0 Å². The van der Waals surface area contributed by atoms with Crippen molar-refractivity contribution >= 4 is 5.91 Å². The first-order chi connectivity index (χ1) is 11.6. The minimum absolute atomic E-state index is 0.147. The highest BCUT2D eigenvalue weighted by Gasteiger charge is 2.46. The van der Waals surface area contributed by atoms with Crippen molar-refractivity contribution in [1.82, 2.24) is 19.7 Å². The van der Waals surface area contributed by atoms with Crippen LogP contribution in [0.4, 0.5) is 0 Å². The van der Waals surface area contributed by atoms with E-state index in [0.29, 0.717) is 17.9 Å². The molecule has 0 radical (unpaired) electrons. The van der Waals surface area contributed by atoms with Crippen molar-refractivity contribution in [1.29, 1.82) is 0 Å². The van der Waals surface area contributed by atoms with Crippen LogP contribution in [0.5, 0.6) is 0 Å². The Morgan fingerprint density at radius 3 is 2.92 bits per heavy atom. The molecule has 0 N–H and O–H groups in total. The number of hydrogen-bond donors (Lipinski definition) is 0. The largest absolute Gasteiger partial charge is 0.340 e. The fraction of sp³-hybridized carbons (Fsp3) is 0.526. The van der Waals surface area contributed by atoms with Gasteiger partial charge in [-0.2, -0.15) is 5.10 Å². The molecule has 1 aliphatic heterocycles. The van der Waals surface area contributed by atoms with Crippen molar-refractivity contribution in [3.63, 3.8) is 0 Å². The van der Waals surface area contributed by atoms with Crippen molar-refractivity contribution in [2.45, 2.75) is 45.1 Å². The fourth-order valence-corrected chi connectivity index (χ4v) is 4.04. The highest BCUT2D eigenvalue weighted by Crippen LogP contribution is 2.48. The SMILES string of the molecule is Cc1cc(C)n([C@@H]2CCCN(C(=O)[C@H]3C[C@H]3c3cccnc3)C2)n1. The average Bonchev–Trinajstić information content (AvgIpc) is 3.33. The third-order valence-electron chi connectivity index (χ3n) is 5.32. The van der Waals surface area contributed by atoms with Gasteiger partial charge < -0.3 is 4.90 Å². The van der Waals surface area contributed by atoms with Crippen LogP contribution in [0, 0.1) is 19.8 Å². The lowest BCUT2D eigenvalue weighted by Crippen LogP contribution is -2.42. The molecule has 1 amide bonds. The van der Waals surface area contributed by atoms with Gasteiger partial charge in [0.15, 0.2) is 0 Å². The molecule has 4 rings (SSSR count). The normalized spacial score (nSPS) is 26.4. The van der Waals surface area contributed by atoms with E-state index in [4.69, 9.17) is 0 Å². The summed E-state index contributed by atoms with van der Waals surface area (Å²) in [7, 11) is 0. The Bertz CT molecular complexity index is 739. The van der Waals surface area contributed by atoms with Crippen molar-refractivity contribution in [3.05, 3.63) is 47.5 Å². The Kier molecular flexibility index (Phi) is 3.87. The van der Waals surface area contributed by atoms with Gasteiger partial charge in [-0.15, -0.1) is 0 Å². The highest BCUT2D eigenvalue weighted by molar-refractivity contribution is 5.83. The second kappa shape index (κ2) is 6.04. The summed E-state index contributed by atoms with van der Waals surface area (Å²) in [5.41, 5.74) is 3.43. The van der Waals surface area contributed by atoms with Crippen molar-refractivity contribution in [2.75, 3.05) is 13.1 Å². The molecule has 0 unspecified atom stereocenters. The number of pyridine rings is 1. The molecule has 0 spiro atoms. The van der Waals surface area contributed by atoms with Crippen LogP contribution in [0.1, 0.15) is 48.2 Å². The number of rotatable bonds is 3. The molecule has 1 saturated heterocycles. The number of hydrogen-bond acceptors (Lipinski definition) is 3. The van der Waals surface area contributed by atoms with Gasteiger partial charge in [0.1, 0.15) is 0 Å². The molecule has 2 aliphatic rings. The van der Waals surface area contributed by atoms with Gasteiger partial charge in [-0.1, -0.05) is 6.07 Å². The third-order valence-corrected chi connectivity index (χ3v) is 5.32. The Balaban J connectivity index is 1.43. The molecular weight excluding hydrogens is 300 g/mol. The standard InChI is InChI=1S/C19H24N4O/c1-13-9-14(2)23(21-13)16-6-4-8-22(12-16)19(24)18-10-17(18)15-5-3-7-20-11-15/h3,5,7,9,11,16-18H,4,6,8,10,12H2,1-2H3/t16-,17+,18+/m1/s1. The fourth-order valence-electron chi connectivity index (χ4n) is 4.04. The van der Waals surface area contributed by atoms with E-state index in [1.165, 1.54) is 11.3 Å². The maximum Gasteiger partial charge on any atom is 0.226 e. The average molecular weight is 324 g/mol. The van der Waals surface area contributed by atoms with E-state index in [1.807, 2.05) is 19.2 Å². The Morgan fingerprint density at radius 2 is 2.21 bits per heavy atom. The van der Waals surface area contributed by atoms with Crippen LogP contribution in [-0.2, 0) is 4.79 Å². The zero-order valence-corrected chi connectivity index (χ0v) is 14.4. The first-order valence-corrected chi connectivity index (χ1v) is 8.85.